The largest absolute Gasteiger partial charge is 0.356 e. The van der Waals surface area contributed by atoms with E-state index in [9.17, 15) is 4.79 Å². The van der Waals surface area contributed by atoms with E-state index < -0.39 is 0 Å². The minimum atomic E-state index is 0.258. The minimum absolute atomic E-state index is 0.258. The molecule has 4 nitrogen and oxygen atoms in total. The molecule has 2 aromatic carbocycles. The number of rotatable bonds is 11. The Labute approximate surface area is 202 Å². The van der Waals surface area contributed by atoms with Gasteiger partial charge in [0.25, 0.3) is 0 Å². The Bertz CT molecular complexity index is 1010. The van der Waals surface area contributed by atoms with Gasteiger partial charge >= 0.3 is 0 Å². The normalized spacial score (nSPS) is 14.0. The Kier molecular flexibility index (Phi) is 8.65. The summed E-state index contributed by atoms with van der Waals surface area (Å²) in [6, 6.07) is 21.1. The smallest absolute Gasteiger partial charge is 0.223 e. The van der Waals surface area contributed by atoms with Gasteiger partial charge in [0, 0.05) is 35.9 Å². The van der Waals surface area contributed by atoms with Crippen molar-refractivity contribution < 1.29 is 4.79 Å². The highest BCUT2D eigenvalue weighted by atomic mass is 32.2. The topological polar surface area (TPSA) is 46.9 Å². The number of carbonyl (C=O) groups is 1. The van der Waals surface area contributed by atoms with Gasteiger partial charge in [-0.3, -0.25) is 4.79 Å². The molecule has 0 aliphatic heterocycles. The van der Waals surface area contributed by atoms with Crippen molar-refractivity contribution >= 4 is 17.7 Å². The molecule has 0 saturated heterocycles. The second kappa shape index (κ2) is 12.1. The number of thioether (sulfide) groups is 1. The lowest BCUT2D eigenvalue weighted by atomic mass is 10.0. The molecule has 1 aliphatic carbocycles. The summed E-state index contributed by atoms with van der Waals surface area (Å²) in [5.74, 6) is 1.52. The van der Waals surface area contributed by atoms with E-state index in [1.165, 1.54) is 24.1 Å². The maximum Gasteiger partial charge on any atom is 0.223 e. The van der Waals surface area contributed by atoms with Crippen molar-refractivity contribution in [2.45, 2.75) is 63.6 Å². The molecule has 1 aliphatic rings. The highest BCUT2D eigenvalue weighted by Crippen LogP contribution is 2.36. The van der Waals surface area contributed by atoms with Gasteiger partial charge in [0.15, 0.2) is 5.16 Å². The lowest BCUT2D eigenvalue weighted by Gasteiger charge is -2.12. The summed E-state index contributed by atoms with van der Waals surface area (Å²) in [6.45, 7) is 3.95. The zero-order valence-corrected chi connectivity index (χ0v) is 20.4. The number of nitrogens with zero attached hydrogens (tertiary/aromatic N) is 2. The van der Waals surface area contributed by atoms with Crippen molar-refractivity contribution in [3.05, 3.63) is 60.7 Å². The minimum Gasteiger partial charge on any atom is -0.356 e. The number of carbonyl (C=O) groups excluding carboxylic acids is 1. The first kappa shape index (κ1) is 23.6. The Morgan fingerprint density at radius 2 is 1.67 bits per heavy atom. The molecule has 1 aromatic heterocycles. The second-order valence-corrected chi connectivity index (χ2v) is 9.87. The Balaban J connectivity index is 1.44. The van der Waals surface area contributed by atoms with Gasteiger partial charge in [0.1, 0.15) is 0 Å². The summed E-state index contributed by atoms with van der Waals surface area (Å²) in [5.41, 5.74) is 4.62. The Hall–Kier alpha value is -2.53. The van der Waals surface area contributed by atoms with E-state index in [4.69, 9.17) is 4.98 Å². The van der Waals surface area contributed by atoms with Crippen molar-refractivity contribution in [3.8, 4) is 22.5 Å². The van der Waals surface area contributed by atoms with Crippen LogP contribution in [0.4, 0.5) is 0 Å². The van der Waals surface area contributed by atoms with Crippen molar-refractivity contribution in [1.29, 1.82) is 0 Å². The third-order valence-electron chi connectivity index (χ3n) is 6.30. The molecule has 1 fully saturated rings. The standard InChI is InChI=1S/C28H35N3OS/c1-2-20-31-26(23-15-7-4-8-16-23)25(22-13-5-3-6-14-22)30-28(31)33-21-12-11-19-29-27(32)24-17-9-10-18-24/h3-8,13-16,24H,2,9-12,17-21H2,1H3,(H,29,32). The van der Waals surface area contributed by atoms with Crippen LogP contribution in [0.3, 0.4) is 0 Å². The summed E-state index contributed by atoms with van der Waals surface area (Å²) < 4.78 is 2.39. The molecule has 1 saturated carbocycles. The molecule has 0 spiro atoms. The van der Waals surface area contributed by atoms with E-state index >= 15 is 0 Å². The van der Waals surface area contributed by atoms with Gasteiger partial charge in [-0.15, -0.1) is 0 Å². The van der Waals surface area contributed by atoms with Crippen LogP contribution in [-0.4, -0.2) is 27.8 Å². The molecule has 1 N–H and O–H groups in total. The molecule has 4 rings (SSSR count). The number of hydrogen-bond acceptors (Lipinski definition) is 3. The van der Waals surface area contributed by atoms with Crippen LogP contribution >= 0.6 is 11.8 Å². The number of benzene rings is 2. The van der Waals surface area contributed by atoms with Crippen LogP contribution in [-0.2, 0) is 11.3 Å². The van der Waals surface area contributed by atoms with Crippen molar-refractivity contribution in [2.75, 3.05) is 12.3 Å². The molecule has 3 aromatic rings. The summed E-state index contributed by atoms with van der Waals surface area (Å²) >= 11 is 1.83. The van der Waals surface area contributed by atoms with Gasteiger partial charge in [-0.25, -0.2) is 4.98 Å². The highest BCUT2D eigenvalue weighted by molar-refractivity contribution is 7.99. The lowest BCUT2D eigenvalue weighted by molar-refractivity contribution is -0.124. The molecular formula is C28H35N3OS. The molecule has 174 valence electrons. The number of imidazole rings is 1. The average Bonchev–Trinajstić information content (AvgIpc) is 3.52. The molecule has 0 atom stereocenters. The van der Waals surface area contributed by atoms with Gasteiger partial charge in [-0.2, -0.15) is 0 Å². The zero-order chi connectivity index (χ0) is 22.9. The van der Waals surface area contributed by atoms with Gasteiger partial charge < -0.3 is 9.88 Å². The van der Waals surface area contributed by atoms with Crippen molar-refractivity contribution in [2.24, 2.45) is 5.92 Å². The van der Waals surface area contributed by atoms with Crippen LogP contribution < -0.4 is 5.32 Å². The molecule has 1 heterocycles. The van der Waals surface area contributed by atoms with Crippen molar-refractivity contribution in [1.82, 2.24) is 14.9 Å². The van der Waals surface area contributed by atoms with Crippen LogP contribution in [0.2, 0.25) is 0 Å². The molecule has 0 radical (unpaired) electrons. The predicted molar refractivity (Wildman–Crippen MR) is 138 cm³/mol. The predicted octanol–water partition coefficient (Wildman–Crippen LogP) is 6.81. The van der Waals surface area contributed by atoms with Crippen LogP contribution in [0.25, 0.3) is 22.5 Å². The van der Waals surface area contributed by atoms with E-state index in [1.54, 1.807) is 0 Å². The fourth-order valence-electron chi connectivity index (χ4n) is 4.59. The van der Waals surface area contributed by atoms with Crippen LogP contribution in [0.1, 0.15) is 51.9 Å². The van der Waals surface area contributed by atoms with Crippen LogP contribution in [0, 0.1) is 5.92 Å². The highest BCUT2D eigenvalue weighted by Gasteiger charge is 2.22. The first-order valence-electron chi connectivity index (χ1n) is 12.4. The third kappa shape index (κ3) is 6.08. The number of hydrogen-bond donors (Lipinski definition) is 1. The van der Waals surface area contributed by atoms with E-state index in [-0.39, 0.29) is 11.8 Å². The van der Waals surface area contributed by atoms with E-state index in [0.29, 0.717) is 0 Å². The third-order valence-corrected chi connectivity index (χ3v) is 7.36. The van der Waals surface area contributed by atoms with Gasteiger partial charge in [0.05, 0.1) is 11.4 Å². The summed E-state index contributed by atoms with van der Waals surface area (Å²) in [4.78, 5) is 17.3. The molecule has 33 heavy (non-hydrogen) atoms. The van der Waals surface area contributed by atoms with Gasteiger partial charge in [-0.1, -0.05) is 92.2 Å². The fourth-order valence-corrected chi connectivity index (χ4v) is 5.62. The van der Waals surface area contributed by atoms with Crippen LogP contribution in [0.5, 0.6) is 0 Å². The molecule has 0 bridgehead atoms. The SMILES string of the molecule is CCCn1c(SCCCCNC(=O)C2CCCC2)nc(-c2ccccc2)c1-c1ccccc1. The Morgan fingerprint density at radius 1 is 1.00 bits per heavy atom. The first-order chi connectivity index (χ1) is 16.3. The molecule has 1 amide bonds. The maximum absolute atomic E-state index is 12.2. The average molecular weight is 462 g/mol. The maximum atomic E-state index is 12.2. The number of unbranched alkanes of at least 4 members (excludes halogenated alkanes) is 1. The van der Waals surface area contributed by atoms with E-state index in [0.717, 1.165) is 67.4 Å². The Morgan fingerprint density at radius 3 is 2.33 bits per heavy atom. The van der Waals surface area contributed by atoms with Crippen molar-refractivity contribution in [3.63, 3.8) is 0 Å². The van der Waals surface area contributed by atoms with Gasteiger partial charge in [0.2, 0.25) is 5.91 Å². The quantitative estimate of drug-likeness (QED) is 0.252. The summed E-state index contributed by atoms with van der Waals surface area (Å²) in [5, 5.41) is 4.23. The summed E-state index contributed by atoms with van der Waals surface area (Å²) in [7, 11) is 0. The van der Waals surface area contributed by atoms with E-state index in [2.05, 4.69) is 77.5 Å². The molecule has 5 heteroatoms. The number of nitrogens with one attached hydrogen (secondary N) is 1. The lowest BCUT2D eigenvalue weighted by Crippen LogP contribution is -2.30. The number of amides is 1. The monoisotopic (exact) mass is 461 g/mol. The summed E-state index contributed by atoms with van der Waals surface area (Å²) in [6.07, 6.45) is 7.67. The number of aromatic nitrogens is 2. The molecular weight excluding hydrogens is 426 g/mol. The molecule has 0 unspecified atom stereocenters. The first-order valence-corrected chi connectivity index (χ1v) is 13.4. The fraction of sp³-hybridized carbons (Fsp3) is 0.429. The van der Waals surface area contributed by atoms with Gasteiger partial charge in [-0.05, 0) is 32.1 Å². The second-order valence-electron chi connectivity index (χ2n) is 8.80. The van der Waals surface area contributed by atoms with Crippen LogP contribution in [0.15, 0.2) is 65.8 Å². The van der Waals surface area contributed by atoms with E-state index in [1.807, 2.05) is 11.8 Å². The zero-order valence-electron chi connectivity index (χ0n) is 19.6.